The minimum atomic E-state index is -0.833. The van der Waals surface area contributed by atoms with Crippen LogP contribution in [0.25, 0.3) is 43.6 Å². The van der Waals surface area contributed by atoms with Crippen molar-refractivity contribution in [1.82, 2.24) is 19.9 Å². The number of carbonyl (C=O) groups is 8. The van der Waals surface area contributed by atoms with Gasteiger partial charge in [-0.25, -0.2) is 19.4 Å². The quantitative estimate of drug-likeness (QED) is 0.0253. The Morgan fingerprint density at radius 1 is 0.379 bits per heavy atom. The van der Waals surface area contributed by atoms with Crippen LogP contribution in [0.5, 0.6) is 17.2 Å². The Bertz CT molecular complexity index is 3400. The van der Waals surface area contributed by atoms with Crippen molar-refractivity contribution in [2.24, 2.45) is 0 Å². The minimum Gasteiger partial charge on any atom is -0.507 e. The van der Waals surface area contributed by atoms with E-state index < -0.39 is 35.8 Å². The number of rotatable bonds is 2. The molecule has 4 radical (unpaired) electrons. The molecular formula is C67H84Cu4N6O18. The van der Waals surface area contributed by atoms with Gasteiger partial charge in [0.25, 0.3) is 23.9 Å². The summed E-state index contributed by atoms with van der Waals surface area (Å²) in [5.41, 5.74) is 17.4. The summed E-state index contributed by atoms with van der Waals surface area (Å²) in [5.74, 6) is -4.67. The molecule has 0 amide bonds. The van der Waals surface area contributed by atoms with Crippen LogP contribution < -0.4 is 11.5 Å². The average Bonchev–Trinajstić information content (AvgIpc) is 0.828. The Hall–Kier alpha value is -8.80. The van der Waals surface area contributed by atoms with Gasteiger partial charge in [0.15, 0.2) is 12.6 Å². The number of phenols is 3. The second kappa shape index (κ2) is 48.8. The Morgan fingerprint density at radius 3 is 0.737 bits per heavy atom. The molecule has 7 aromatic rings. The molecule has 4 bridgehead atoms. The SMILES string of the molecule is CC(=O)O.CC(=O)O.CC(=O)O.CC(=O)O.CC(=O)OOC(C)=O.CC(C)(C)c1cc(C=O)c(O)c(C=O)c1.CC(C)(C)c1cc2cnc3ccccc3ncc3cc(C(C)(C)C)cc(cnc4ccccc4ncc(c1)c2O)c3O.CO.Nc1ccccc1N.[Cu].[Cu].[Cu].[Cu]. The molecule has 6 aromatic carbocycles. The third kappa shape index (κ3) is 41.5. The normalized spacial score (nSPS) is 9.48. The number of nitrogens with zero attached hydrogens (tertiary/aromatic N) is 4. The standard InChI is InChI=1S/C36H36N4O2.C12H14O3.C6H8N2.C4H6O4.4C2H4O2.CH4O.4Cu/c1-35(2,3)27-15-23-19-37-29-11-7-9-13-31(29)39-21-25-17-28(36(4,5)6)18-26(34(25)42)22-40-32-14-10-8-12-30(32)38-20-24(16-27)33(23)41;1-12(2,3)10-4-8(6-13)11(15)9(5-10)7-14;7-5-3-1-2-4-6(5)8;1-3(5)7-8-4(2)6;4*1-2(3)4;1-2;;;;/h7-22,41-42H,1-6H3;4-7,15H,1-3H3;1-4H,7-8H2;1-2H3;4*1H3,(H,3,4);2H,1H3;;;;. The fourth-order valence-corrected chi connectivity index (χ4v) is 6.46. The number of nitrogen functional groups attached to an aromatic ring is 2. The summed E-state index contributed by atoms with van der Waals surface area (Å²) in [6.07, 6.45) is 7.75. The number of aliphatic hydroxyl groups is 1. The monoisotopic (exact) mass is 1510 g/mol. The predicted octanol–water partition coefficient (Wildman–Crippen LogP) is 11.9. The number of carboxylic acid groups (broad SMARTS) is 4. The zero-order valence-electron chi connectivity index (χ0n) is 55.2. The molecule has 0 aliphatic rings. The zero-order valence-corrected chi connectivity index (χ0v) is 58.9. The molecule has 534 valence electrons. The summed E-state index contributed by atoms with van der Waals surface area (Å²) in [6, 6.07) is 33.3. The molecule has 0 spiro atoms. The van der Waals surface area contributed by atoms with E-state index in [1.165, 1.54) is 0 Å². The van der Waals surface area contributed by atoms with E-state index in [9.17, 15) is 34.5 Å². The summed E-state index contributed by atoms with van der Waals surface area (Å²) in [4.78, 5) is 104. The van der Waals surface area contributed by atoms with Gasteiger partial charge in [-0.3, -0.25) is 48.7 Å². The van der Waals surface area contributed by atoms with Crippen LogP contribution >= 0.6 is 0 Å². The Balaban J connectivity index is -0.000000305. The van der Waals surface area contributed by atoms with E-state index >= 15 is 0 Å². The molecule has 0 atom stereocenters. The number of carbonyl (C=O) groups excluding carboxylic acids is 4. The van der Waals surface area contributed by atoms with Gasteiger partial charge in [0.1, 0.15) is 17.2 Å². The third-order valence-electron chi connectivity index (χ3n) is 10.8. The van der Waals surface area contributed by atoms with Crippen LogP contribution in [-0.2, 0) is 123 Å². The summed E-state index contributed by atoms with van der Waals surface area (Å²) in [6.45, 7) is 25.3. The van der Waals surface area contributed by atoms with Gasteiger partial charge in [-0.05, 0) is 106 Å². The molecule has 95 heavy (non-hydrogen) atoms. The Morgan fingerprint density at radius 2 is 0.568 bits per heavy atom. The van der Waals surface area contributed by atoms with Crippen molar-refractivity contribution in [1.29, 1.82) is 0 Å². The number of carboxylic acids is 4. The minimum absolute atomic E-state index is 0. The topological polar surface area (TPSA) is 420 Å². The van der Waals surface area contributed by atoms with Gasteiger partial charge < -0.3 is 52.3 Å². The molecule has 12 N–H and O–H groups in total. The molecule has 0 aliphatic heterocycles. The number of hydrogen-bond acceptors (Lipinski definition) is 20. The summed E-state index contributed by atoms with van der Waals surface area (Å²) < 4.78 is 0. The predicted molar refractivity (Wildman–Crippen MR) is 350 cm³/mol. The number of benzene rings is 6. The second-order valence-electron chi connectivity index (χ2n) is 21.9. The molecule has 1 heterocycles. The van der Waals surface area contributed by atoms with E-state index in [0.29, 0.717) is 67.6 Å². The Labute approximate surface area is 594 Å². The first-order valence-electron chi connectivity index (χ1n) is 27.2. The molecule has 0 saturated carbocycles. The van der Waals surface area contributed by atoms with Gasteiger partial charge in [-0.15, -0.1) is 0 Å². The van der Waals surface area contributed by atoms with Crippen molar-refractivity contribution in [3.05, 3.63) is 162 Å². The van der Waals surface area contributed by atoms with Crippen molar-refractivity contribution in [3.8, 4) is 17.2 Å². The molecule has 0 unspecified atom stereocenters. The largest absolute Gasteiger partial charge is 0.507 e. The number of aliphatic hydroxyl groups excluding tert-OH is 1. The number of hydrogen-bond donors (Lipinski definition) is 10. The Kier molecular flexibility index (Phi) is 50.0. The molecule has 28 heteroatoms. The van der Waals surface area contributed by atoms with Crippen LogP contribution in [0.4, 0.5) is 11.4 Å². The number of aldehydes is 2. The smallest absolute Gasteiger partial charge is 0.352 e. The van der Waals surface area contributed by atoms with E-state index in [-0.39, 0.29) is 113 Å². The van der Waals surface area contributed by atoms with E-state index in [0.717, 1.165) is 65.3 Å². The van der Waals surface area contributed by atoms with Crippen molar-refractivity contribution < 1.29 is 157 Å². The number of fused-ring (bicyclic) bond motifs is 6. The molecule has 0 fully saturated rings. The maximum atomic E-state index is 11.3. The summed E-state index contributed by atoms with van der Waals surface area (Å²) in [5, 5.41) is 71.0. The van der Waals surface area contributed by atoms with Gasteiger partial charge in [0, 0.05) is 163 Å². The third-order valence-corrected chi connectivity index (χ3v) is 10.8. The van der Waals surface area contributed by atoms with E-state index in [1.807, 2.05) is 106 Å². The van der Waals surface area contributed by atoms with Gasteiger partial charge in [-0.1, -0.05) is 98.7 Å². The number of nitrogens with two attached hydrogens (primary N) is 2. The number of aromatic nitrogens is 4. The number of phenolic OH excluding ortho intramolecular Hbond substituents is 3. The number of para-hydroxylation sites is 6. The fraction of sp³-hybridized carbons (Fsp3) is 0.284. The van der Waals surface area contributed by atoms with E-state index in [4.69, 9.17) is 76.1 Å². The van der Waals surface area contributed by atoms with Crippen LogP contribution in [0.2, 0.25) is 0 Å². The van der Waals surface area contributed by atoms with Gasteiger partial charge in [0.05, 0.1) is 44.6 Å². The summed E-state index contributed by atoms with van der Waals surface area (Å²) >= 11 is 0. The van der Waals surface area contributed by atoms with E-state index in [1.54, 1.807) is 49.1 Å². The number of aromatic hydroxyl groups is 3. The van der Waals surface area contributed by atoms with Crippen LogP contribution in [0.15, 0.2) is 134 Å². The maximum Gasteiger partial charge on any atom is 0.352 e. The van der Waals surface area contributed by atoms with Gasteiger partial charge in [0.2, 0.25) is 0 Å². The van der Waals surface area contributed by atoms with Crippen LogP contribution in [0, 0.1) is 0 Å². The van der Waals surface area contributed by atoms with Crippen LogP contribution in [-0.4, -0.2) is 116 Å². The van der Waals surface area contributed by atoms with Crippen molar-refractivity contribution >= 4 is 103 Å². The molecule has 0 aliphatic carbocycles. The zero-order chi connectivity index (χ0) is 70.6. The van der Waals surface area contributed by atoms with Crippen molar-refractivity contribution in [3.63, 3.8) is 0 Å². The van der Waals surface area contributed by atoms with E-state index in [2.05, 4.69) is 51.3 Å². The molecular weight excluding hydrogens is 1430 g/mol. The fourth-order valence-electron chi connectivity index (χ4n) is 6.46. The first kappa shape index (κ1) is 97.3. The second-order valence-corrected chi connectivity index (χ2v) is 21.9. The average molecular weight is 1520 g/mol. The first-order chi connectivity index (χ1) is 42.2. The number of anilines is 2. The maximum absolute atomic E-state index is 11.3. The van der Waals surface area contributed by atoms with Crippen LogP contribution in [0.3, 0.4) is 0 Å². The molecule has 1 aromatic heterocycles. The number of aliphatic carboxylic acids is 4. The van der Waals surface area contributed by atoms with Gasteiger partial charge in [-0.2, -0.15) is 0 Å². The molecule has 0 saturated heterocycles. The van der Waals surface area contributed by atoms with Gasteiger partial charge >= 0.3 is 11.9 Å². The molecule has 24 nitrogen and oxygen atoms in total. The summed E-state index contributed by atoms with van der Waals surface area (Å²) in [7, 11) is 1.00. The van der Waals surface area contributed by atoms with Crippen molar-refractivity contribution in [2.45, 2.75) is 120 Å². The molecule has 7 rings (SSSR count). The van der Waals surface area contributed by atoms with Crippen molar-refractivity contribution in [2.75, 3.05) is 18.6 Å². The van der Waals surface area contributed by atoms with Crippen LogP contribution in [0.1, 0.15) is 141 Å². The first-order valence-corrected chi connectivity index (χ1v) is 27.2.